The van der Waals surface area contributed by atoms with Gasteiger partial charge in [-0.2, -0.15) is 0 Å². The van der Waals surface area contributed by atoms with E-state index in [1.165, 1.54) is 37.3 Å². The van der Waals surface area contributed by atoms with E-state index >= 15 is 0 Å². The number of benzene rings is 1. The molecule has 1 unspecified atom stereocenters. The first-order valence-corrected chi connectivity index (χ1v) is 6.41. The van der Waals surface area contributed by atoms with Crippen molar-refractivity contribution >= 4 is 0 Å². The van der Waals surface area contributed by atoms with Crippen molar-refractivity contribution in [1.82, 2.24) is 5.32 Å². The molecule has 0 aliphatic heterocycles. The molecule has 1 aliphatic carbocycles. The minimum absolute atomic E-state index is 0.0977. The first-order valence-electron chi connectivity index (χ1n) is 6.41. The molecule has 1 aliphatic rings. The van der Waals surface area contributed by atoms with Crippen LogP contribution < -0.4 is 5.32 Å². The van der Waals surface area contributed by atoms with E-state index < -0.39 is 0 Å². The fraction of sp³-hybridized carbons (Fsp3) is 0.467. The van der Waals surface area contributed by atoms with Crippen molar-refractivity contribution in [2.75, 3.05) is 7.05 Å². The Hall–Kier alpha value is -1.15. The number of halogens is 1. The van der Waals surface area contributed by atoms with Crippen molar-refractivity contribution in [1.29, 1.82) is 0 Å². The molecule has 0 saturated heterocycles. The van der Waals surface area contributed by atoms with Gasteiger partial charge in [-0.05, 0) is 45.2 Å². The third-order valence-electron chi connectivity index (χ3n) is 3.48. The van der Waals surface area contributed by atoms with E-state index in [2.05, 4.69) is 11.4 Å². The molecule has 1 atom stereocenters. The summed E-state index contributed by atoms with van der Waals surface area (Å²) in [6.07, 6.45) is 8.19. The fourth-order valence-electron chi connectivity index (χ4n) is 2.48. The minimum Gasteiger partial charge on any atom is -0.313 e. The van der Waals surface area contributed by atoms with Gasteiger partial charge in [0.05, 0.1) is 0 Å². The van der Waals surface area contributed by atoms with E-state index in [9.17, 15) is 4.39 Å². The Kier molecular flexibility index (Phi) is 4.32. The van der Waals surface area contributed by atoms with Crippen LogP contribution in [0.3, 0.4) is 0 Å². The molecular weight excluding hydrogens is 213 g/mol. The van der Waals surface area contributed by atoms with Crippen LogP contribution in [-0.2, 0) is 0 Å². The highest BCUT2D eigenvalue weighted by atomic mass is 19.1. The van der Waals surface area contributed by atoms with Gasteiger partial charge in [-0.25, -0.2) is 4.39 Å². The third kappa shape index (κ3) is 3.16. The summed E-state index contributed by atoms with van der Waals surface area (Å²) < 4.78 is 13.7. The first-order chi connectivity index (χ1) is 8.31. The highest BCUT2D eigenvalue weighted by molar-refractivity contribution is 5.23. The SMILES string of the molecule is CNC(CC1=CCCCC1)c1ccccc1F. The highest BCUT2D eigenvalue weighted by Gasteiger charge is 2.16. The molecule has 1 N–H and O–H groups in total. The van der Waals surface area contributed by atoms with Gasteiger partial charge in [-0.1, -0.05) is 29.8 Å². The molecule has 0 aromatic heterocycles. The average Bonchev–Trinajstić information content (AvgIpc) is 2.38. The summed E-state index contributed by atoms with van der Waals surface area (Å²) in [5.41, 5.74) is 2.25. The summed E-state index contributed by atoms with van der Waals surface area (Å²) in [6, 6.07) is 7.15. The van der Waals surface area contributed by atoms with Gasteiger partial charge in [0, 0.05) is 11.6 Å². The molecule has 0 radical (unpaired) electrons. The zero-order valence-corrected chi connectivity index (χ0v) is 10.4. The Bertz CT molecular complexity index is 398. The molecule has 2 rings (SSSR count). The van der Waals surface area contributed by atoms with E-state index in [1.54, 1.807) is 6.07 Å². The maximum absolute atomic E-state index is 13.7. The zero-order valence-electron chi connectivity index (χ0n) is 10.4. The standard InChI is InChI=1S/C15H20FN/c1-17-15(11-12-7-3-2-4-8-12)13-9-5-6-10-14(13)16/h5-7,9-10,15,17H,2-4,8,11H2,1H3. The van der Waals surface area contributed by atoms with Gasteiger partial charge >= 0.3 is 0 Å². The van der Waals surface area contributed by atoms with E-state index in [0.29, 0.717) is 0 Å². The molecule has 0 fully saturated rings. The Morgan fingerprint density at radius 3 is 2.76 bits per heavy atom. The van der Waals surface area contributed by atoms with Gasteiger partial charge in [-0.3, -0.25) is 0 Å². The summed E-state index contributed by atoms with van der Waals surface area (Å²) in [7, 11) is 1.90. The van der Waals surface area contributed by atoms with Crippen LogP contribution in [0, 0.1) is 5.82 Å². The van der Waals surface area contributed by atoms with Crippen molar-refractivity contribution in [2.24, 2.45) is 0 Å². The van der Waals surface area contributed by atoms with Crippen molar-refractivity contribution in [2.45, 2.75) is 38.1 Å². The lowest BCUT2D eigenvalue weighted by molar-refractivity contribution is 0.519. The van der Waals surface area contributed by atoms with E-state index in [1.807, 2.05) is 19.2 Å². The lowest BCUT2D eigenvalue weighted by Crippen LogP contribution is -2.18. The molecule has 2 heteroatoms. The van der Waals surface area contributed by atoms with Crippen LogP contribution in [-0.4, -0.2) is 7.05 Å². The summed E-state index contributed by atoms with van der Waals surface area (Å²) in [5, 5.41) is 3.23. The number of hydrogen-bond acceptors (Lipinski definition) is 1. The topological polar surface area (TPSA) is 12.0 Å². The minimum atomic E-state index is -0.108. The van der Waals surface area contributed by atoms with Crippen LogP contribution in [0.25, 0.3) is 0 Å². The Morgan fingerprint density at radius 2 is 2.12 bits per heavy atom. The summed E-state index contributed by atoms with van der Waals surface area (Å²) in [4.78, 5) is 0. The van der Waals surface area contributed by atoms with Crippen LogP contribution in [0.15, 0.2) is 35.9 Å². The quantitative estimate of drug-likeness (QED) is 0.776. The van der Waals surface area contributed by atoms with Crippen molar-refractivity contribution in [3.05, 3.63) is 47.3 Å². The lowest BCUT2D eigenvalue weighted by atomic mass is 9.91. The fourth-order valence-corrected chi connectivity index (χ4v) is 2.48. The monoisotopic (exact) mass is 233 g/mol. The number of rotatable bonds is 4. The predicted octanol–water partition coefficient (Wildman–Crippen LogP) is 3.98. The lowest BCUT2D eigenvalue weighted by Gasteiger charge is -2.21. The Labute approximate surface area is 103 Å². The number of nitrogens with one attached hydrogen (secondary N) is 1. The van der Waals surface area contributed by atoms with Gasteiger partial charge in [-0.15, -0.1) is 0 Å². The molecule has 0 amide bonds. The van der Waals surface area contributed by atoms with Crippen molar-refractivity contribution < 1.29 is 4.39 Å². The number of hydrogen-bond donors (Lipinski definition) is 1. The zero-order chi connectivity index (χ0) is 12.1. The molecule has 92 valence electrons. The van der Waals surface area contributed by atoms with Crippen LogP contribution in [0.2, 0.25) is 0 Å². The normalized spacial score (nSPS) is 17.6. The Morgan fingerprint density at radius 1 is 1.29 bits per heavy atom. The maximum atomic E-state index is 13.7. The summed E-state index contributed by atoms with van der Waals surface area (Å²) >= 11 is 0. The molecule has 0 spiro atoms. The first kappa shape index (κ1) is 12.3. The predicted molar refractivity (Wildman–Crippen MR) is 69.4 cm³/mol. The second kappa shape index (κ2) is 5.97. The smallest absolute Gasteiger partial charge is 0.127 e. The van der Waals surface area contributed by atoms with Gasteiger partial charge < -0.3 is 5.32 Å². The van der Waals surface area contributed by atoms with Crippen LogP contribution in [0.5, 0.6) is 0 Å². The van der Waals surface area contributed by atoms with Crippen LogP contribution in [0.1, 0.15) is 43.7 Å². The molecule has 0 heterocycles. The molecule has 1 nitrogen and oxygen atoms in total. The summed E-state index contributed by atoms with van der Waals surface area (Å²) in [5.74, 6) is -0.108. The highest BCUT2D eigenvalue weighted by Crippen LogP contribution is 2.28. The molecule has 17 heavy (non-hydrogen) atoms. The van der Waals surface area contributed by atoms with Gasteiger partial charge in [0.25, 0.3) is 0 Å². The van der Waals surface area contributed by atoms with Crippen LogP contribution >= 0.6 is 0 Å². The maximum Gasteiger partial charge on any atom is 0.127 e. The second-order valence-electron chi connectivity index (χ2n) is 4.68. The third-order valence-corrected chi connectivity index (χ3v) is 3.48. The second-order valence-corrected chi connectivity index (χ2v) is 4.68. The largest absolute Gasteiger partial charge is 0.313 e. The van der Waals surface area contributed by atoms with Gasteiger partial charge in [0.15, 0.2) is 0 Å². The molecular formula is C15H20FN. The van der Waals surface area contributed by atoms with Crippen LogP contribution in [0.4, 0.5) is 4.39 Å². The Balaban J connectivity index is 2.11. The van der Waals surface area contributed by atoms with E-state index in [0.717, 1.165) is 12.0 Å². The van der Waals surface area contributed by atoms with E-state index in [4.69, 9.17) is 0 Å². The number of allylic oxidation sites excluding steroid dienone is 1. The van der Waals surface area contributed by atoms with Gasteiger partial charge in [0.2, 0.25) is 0 Å². The van der Waals surface area contributed by atoms with Gasteiger partial charge in [0.1, 0.15) is 5.82 Å². The average molecular weight is 233 g/mol. The molecule has 1 aromatic carbocycles. The molecule has 0 bridgehead atoms. The molecule has 0 saturated carbocycles. The summed E-state index contributed by atoms with van der Waals surface area (Å²) in [6.45, 7) is 0. The molecule has 1 aromatic rings. The van der Waals surface area contributed by atoms with E-state index in [-0.39, 0.29) is 11.9 Å². The van der Waals surface area contributed by atoms with Crippen molar-refractivity contribution in [3.8, 4) is 0 Å². The van der Waals surface area contributed by atoms with Crippen molar-refractivity contribution in [3.63, 3.8) is 0 Å².